The summed E-state index contributed by atoms with van der Waals surface area (Å²) in [6.45, 7) is 5.70. The minimum Gasteiger partial charge on any atom is -0.480 e. The zero-order valence-electron chi connectivity index (χ0n) is 11.5. The molecule has 1 saturated heterocycles. The average molecular weight is 254 g/mol. The molecule has 0 amide bonds. The zero-order chi connectivity index (χ0) is 13.0. The Hall–Kier alpha value is -0.610. The number of rotatable bonds is 3. The molecule has 1 atom stereocenters. The second-order valence-corrected chi connectivity index (χ2v) is 5.73. The van der Waals surface area contributed by atoms with Crippen molar-refractivity contribution in [3.8, 4) is 0 Å². The van der Waals surface area contributed by atoms with Gasteiger partial charge in [-0.25, -0.2) is 0 Å². The van der Waals surface area contributed by atoms with Crippen molar-refractivity contribution in [2.75, 3.05) is 26.2 Å². The fraction of sp³-hybridized carbons (Fsp3) is 0.929. The van der Waals surface area contributed by atoms with Gasteiger partial charge in [0.2, 0.25) is 0 Å². The molecule has 0 aromatic carbocycles. The first-order chi connectivity index (χ1) is 8.68. The molecule has 0 spiro atoms. The van der Waals surface area contributed by atoms with Gasteiger partial charge in [0.05, 0.1) is 0 Å². The van der Waals surface area contributed by atoms with Gasteiger partial charge in [-0.3, -0.25) is 14.6 Å². The Balaban J connectivity index is 1.80. The number of aliphatic carboxylic acids is 1. The maximum absolute atomic E-state index is 11.0. The smallest absolute Gasteiger partial charge is 0.320 e. The predicted molar refractivity (Wildman–Crippen MR) is 71.7 cm³/mol. The highest BCUT2D eigenvalue weighted by atomic mass is 16.4. The number of hydrogen-bond acceptors (Lipinski definition) is 3. The standard InChI is InChI=1S/C14H26N2O2/c1-12(14(17)18)15-8-10-16(11-9-15)13-6-4-2-3-5-7-13/h12-13H,2-11H2,1H3,(H,17,18). The minimum atomic E-state index is -0.696. The maximum atomic E-state index is 11.0. The topological polar surface area (TPSA) is 43.8 Å². The molecule has 0 aromatic heterocycles. The van der Waals surface area contributed by atoms with E-state index in [2.05, 4.69) is 9.80 Å². The molecular weight excluding hydrogens is 228 g/mol. The highest BCUT2D eigenvalue weighted by Gasteiger charge is 2.28. The molecule has 4 nitrogen and oxygen atoms in total. The Bertz CT molecular complexity index is 267. The molecule has 1 unspecified atom stereocenters. The van der Waals surface area contributed by atoms with E-state index in [4.69, 9.17) is 5.11 Å². The Morgan fingerprint density at radius 1 is 1.06 bits per heavy atom. The summed E-state index contributed by atoms with van der Waals surface area (Å²) in [5, 5.41) is 9.03. The van der Waals surface area contributed by atoms with Crippen LogP contribution in [0, 0.1) is 0 Å². The lowest BCUT2D eigenvalue weighted by Crippen LogP contribution is -2.54. The van der Waals surface area contributed by atoms with E-state index >= 15 is 0 Å². The molecule has 1 aliphatic heterocycles. The predicted octanol–water partition coefficient (Wildman–Crippen LogP) is 1.80. The summed E-state index contributed by atoms with van der Waals surface area (Å²) in [5.41, 5.74) is 0. The van der Waals surface area contributed by atoms with Crippen LogP contribution in [0.5, 0.6) is 0 Å². The summed E-state index contributed by atoms with van der Waals surface area (Å²) in [6, 6.07) is 0.427. The van der Waals surface area contributed by atoms with E-state index in [9.17, 15) is 4.79 Å². The van der Waals surface area contributed by atoms with Crippen LogP contribution < -0.4 is 0 Å². The lowest BCUT2D eigenvalue weighted by Gasteiger charge is -2.40. The molecule has 0 bridgehead atoms. The first-order valence-electron chi connectivity index (χ1n) is 7.39. The van der Waals surface area contributed by atoms with Crippen LogP contribution in [0.15, 0.2) is 0 Å². The van der Waals surface area contributed by atoms with Crippen LogP contribution in [0.3, 0.4) is 0 Å². The van der Waals surface area contributed by atoms with Gasteiger partial charge in [-0.1, -0.05) is 25.7 Å². The van der Waals surface area contributed by atoms with E-state index < -0.39 is 5.97 Å². The second kappa shape index (κ2) is 6.53. The summed E-state index contributed by atoms with van der Waals surface area (Å²) >= 11 is 0. The van der Waals surface area contributed by atoms with Crippen molar-refractivity contribution < 1.29 is 9.90 Å². The molecule has 18 heavy (non-hydrogen) atoms. The van der Waals surface area contributed by atoms with Crippen LogP contribution in [0.1, 0.15) is 45.4 Å². The van der Waals surface area contributed by atoms with Gasteiger partial charge in [0.1, 0.15) is 6.04 Å². The van der Waals surface area contributed by atoms with Crippen molar-refractivity contribution in [1.82, 2.24) is 9.80 Å². The SMILES string of the molecule is CC(C(=O)O)N1CCN(C2CCCCCC2)CC1. The van der Waals surface area contributed by atoms with Gasteiger partial charge in [-0.15, -0.1) is 0 Å². The van der Waals surface area contributed by atoms with E-state index in [1.54, 1.807) is 6.92 Å². The summed E-state index contributed by atoms with van der Waals surface area (Å²) in [7, 11) is 0. The number of carbonyl (C=O) groups is 1. The van der Waals surface area contributed by atoms with Gasteiger partial charge in [-0.05, 0) is 19.8 Å². The first-order valence-corrected chi connectivity index (χ1v) is 7.39. The van der Waals surface area contributed by atoms with Crippen molar-refractivity contribution in [3.63, 3.8) is 0 Å². The molecule has 4 heteroatoms. The molecule has 2 rings (SSSR count). The Morgan fingerprint density at radius 3 is 2.11 bits per heavy atom. The van der Waals surface area contributed by atoms with E-state index in [-0.39, 0.29) is 6.04 Å². The van der Waals surface area contributed by atoms with Crippen molar-refractivity contribution in [1.29, 1.82) is 0 Å². The second-order valence-electron chi connectivity index (χ2n) is 5.73. The number of hydrogen-bond donors (Lipinski definition) is 1. The van der Waals surface area contributed by atoms with Crippen LogP contribution in [-0.2, 0) is 4.79 Å². The normalized spacial score (nSPS) is 26.7. The van der Waals surface area contributed by atoms with E-state index in [1.807, 2.05) is 0 Å². The van der Waals surface area contributed by atoms with E-state index in [0.717, 1.165) is 32.2 Å². The molecule has 1 N–H and O–H groups in total. The van der Waals surface area contributed by atoms with Gasteiger partial charge in [0.15, 0.2) is 0 Å². The third-order valence-electron chi connectivity index (χ3n) is 4.60. The van der Waals surface area contributed by atoms with Crippen LogP contribution >= 0.6 is 0 Å². The largest absolute Gasteiger partial charge is 0.480 e. The molecule has 104 valence electrons. The fourth-order valence-corrected chi connectivity index (χ4v) is 3.27. The highest BCUT2D eigenvalue weighted by molar-refractivity contribution is 5.72. The summed E-state index contributed by atoms with van der Waals surface area (Å²) in [4.78, 5) is 15.7. The number of piperazine rings is 1. The molecule has 0 aromatic rings. The van der Waals surface area contributed by atoms with Gasteiger partial charge in [0.25, 0.3) is 0 Å². The molecule has 1 saturated carbocycles. The van der Waals surface area contributed by atoms with Gasteiger partial charge in [0, 0.05) is 32.2 Å². The van der Waals surface area contributed by atoms with E-state index in [0.29, 0.717) is 0 Å². The monoisotopic (exact) mass is 254 g/mol. The molecular formula is C14H26N2O2. The third kappa shape index (κ3) is 3.45. The Labute approximate surface area is 110 Å². The van der Waals surface area contributed by atoms with E-state index in [1.165, 1.54) is 38.5 Å². The van der Waals surface area contributed by atoms with Gasteiger partial charge < -0.3 is 5.11 Å². The average Bonchev–Trinajstić information content (AvgIpc) is 2.67. The summed E-state index contributed by atoms with van der Waals surface area (Å²) < 4.78 is 0. The quantitative estimate of drug-likeness (QED) is 0.780. The van der Waals surface area contributed by atoms with Crippen molar-refractivity contribution in [2.45, 2.75) is 57.5 Å². The molecule has 0 radical (unpaired) electrons. The molecule has 2 aliphatic rings. The van der Waals surface area contributed by atoms with Crippen LogP contribution in [0.2, 0.25) is 0 Å². The van der Waals surface area contributed by atoms with Crippen molar-refractivity contribution in [2.24, 2.45) is 0 Å². The third-order valence-corrected chi connectivity index (χ3v) is 4.60. The zero-order valence-corrected chi connectivity index (χ0v) is 11.5. The lowest BCUT2D eigenvalue weighted by atomic mass is 10.1. The van der Waals surface area contributed by atoms with Crippen molar-refractivity contribution >= 4 is 5.97 Å². The number of nitrogens with zero attached hydrogens (tertiary/aromatic N) is 2. The molecule has 1 aliphatic carbocycles. The van der Waals surface area contributed by atoms with Crippen molar-refractivity contribution in [3.05, 3.63) is 0 Å². The van der Waals surface area contributed by atoms with Crippen LogP contribution in [0.4, 0.5) is 0 Å². The lowest BCUT2D eigenvalue weighted by molar-refractivity contribution is -0.143. The van der Waals surface area contributed by atoms with Crippen LogP contribution in [0.25, 0.3) is 0 Å². The summed E-state index contributed by atoms with van der Waals surface area (Å²) in [6.07, 6.45) is 8.22. The summed E-state index contributed by atoms with van der Waals surface area (Å²) in [5.74, 6) is -0.696. The van der Waals surface area contributed by atoms with Gasteiger partial charge >= 0.3 is 5.97 Å². The highest BCUT2D eigenvalue weighted by Crippen LogP contribution is 2.23. The minimum absolute atomic E-state index is 0.332. The Morgan fingerprint density at radius 2 is 1.61 bits per heavy atom. The maximum Gasteiger partial charge on any atom is 0.320 e. The molecule has 1 heterocycles. The molecule has 2 fully saturated rings. The first kappa shape index (κ1) is 13.8. The fourth-order valence-electron chi connectivity index (χ4n) is 3.27. The Kier molecular flexibility index (Phi) is 5.01. The number of carboxylic acids is 1. The number of carboxylic acid groups (broad SMARTS) is 1. The van der Waals surface area contributed by atoms with Gasteiger partial charge in [-0.2, -0.15) is 0 Å². The van der Waals surface area contributed by atoms with Crippen LogP contribution in [-0.4, -0.2) is 59.1 Å².